The second-order valence-electron chi connectivity index (χ2n) is 16.0. The number of aliphatic imine (C=N–C) groups is 1. The normalized spacial score (nSPS) is 13.0. The summed E-state index contributed by atoms with van der Waals surface area (Å²) in [5, 5.41) is 15.7. The summed E-state index contributed by atoms with van der Waals surface area (Å²) < 4.78 is 50.3. The van der Waals surface area contributed by atoms with Crippen LogP contribution in [0.25, 0.3) is 43.7 Å². The van der Waals surface area contributed by atoms with E-state index in [1.165, 1.54) is 35.7 Å². The number of alkyl halides is 3. The molecule has 0 aliphatic carbocycles. The Morgan fingerprint density at radius 3 is 1.78 bits per heavy atom. The van der Waals surface area contributed by atoms with E-state index in [4.69, 9.17) is 14.5 Å². The average molecular weight is 828 g/mol. The van der Waals surface area contributed by atoms with Crippen LogP contribution < -0.4 is 61.2 Å². The van der Waals surface area contributed by atoms with Gasteiger partial charge in [0, 0.05) is 37.4 Å². The van der Waals surface area contributed by atoms with Crippen LogP contribution in [-0.2, 0) is 10.9 Å². The van der Waals surface area contributed by atoms with E-state index >= 15 is 0 Å². The van der Waals surface area contributed by atoms with Gasteiger partial charge in [0.15, 0.2) is 0 Å². The number of pyridine rings is 1. The second kappa shape index (κ2) is 21.5. The molecule has 1 fully saturated rings. The first-order chi connectivity index (χ1) is 27.4. The summed E-state index contributed by atoms with van der Waals surface area (Å²) in [6.45, 7) is 14.8. The maximum absolute atomic E-state index is 13.0. The van der Waals surface area contributed by atoms with E-state index in [0.29, 0.717) is 5.71 Å². The Balaban J connectivity index is 0.000000254. The standard InChI is InChI=1S/C23H21NO.C19H14F3N.C4H8O.C4H9O.K.H2/c1-23(2,3)25-22-15-21(24-20-11-7-6-10-19(20)22)18-13-12-16-8-4-5-9-17(16)14-18;1-13(15-11-10-14-6-2-3-7-16(14)12-15)23-18-9-5-4-8-17(18)19(20,21)22;1-2-4-5-3-1;1-4(2,3)5;;/h4-15H,1-3H3;2-12H,1H3;1-4H2;1-3H3;;1H/q;;;-1;+1;/i;;;;;1+1. The Bertz CT molecular complexity index is 2460. The molecule has 1 aliphatic heterocycles. The Hall–Kier alpha value is -3.93. The number of rotatable bonds is 4. The molecule has 0 spiro atoms. The Morgan fingerprint density at radius 2 is 1.20 bits per heavy atom. The van der Waals surface area contributed by atoms with Gasteiger partial charge < -0.3 is 14.6 Å². The number of halogens is 3. The van der Waals surface area contributed by atoms with Crippen LogP contribution in [-0.4, -0.2) is 35.1 Å². The molecule has 7 aromatic rings. The van der Waals surface area contributed by atoms with Crippen LogP contribution in [0.2, 0.25) is 0 Å². The van der Waals surface area contributed by atoms with Crippen LogP contribution in [0.1, 0.15) is 73.9 Å². The van der Waals surface area contributed by atoms with Crippen LogP contribution in [0.4, 0.5) is 18.9 Å². The third-order valence-corrected chi connectivity index (χ3v) is 8.63. The summed E-state index contributed by atoms with van der Waals surface area (Å²) in [6, 6.07) is 44.0. The molecule has 0 unspecified atom stereocenters. The predicted octanol–water partition coefficient (Wildman–Crippen LogP) is 10.4. The molecule has 0 amide bonds. The van der Waals surface area contributed by atoms with E-state index in [9.17, 15) is 18.3 Å². The minimum absolute atomic E-state index is 0. The smallest absolute Gasteiger partial charge is 0.850 e. The first kappa shape index (κ1) is 47.7. The molecule has 9 heteroatoms. The summed E-state index contributed by atoms with van der Waals surface area (Å²) in [5.41, 5.74) is 2.54. The summed E-state index contributed by atoms with van der Waals surface area (Å²) in [7, 11) is 0. The maximum Gasteiger partial charge on any atom is 1.00 e. The monoisotopic (exact) mass is 827 g/mol. The van der Waals surface area contributed by atoms with Crippen LogP contribution in [0.15, 0.2) is 145 Å². The molecular weight excluding hydrogens is 773 g/mol. The molecule has 1 aliphatic rings. The number of benzene rings is 6. The third-order valence-electron chi connectivity index (χ3n) is 8.63. The fraction of sp³-hybridized carbons (Fsp3) is 0.280. The molecule has 0 N–H and O–H groups in total. The maximum atomic E-state index is 13.0. The fourth-order valence-corrected chi connectivity index (χ4v) is 6.04. The number of ether oxygens (including phenoxy) is 2. The molecule has 59 heavy (non-hydrogen) atoms. The third kappa shape index (κ3) is 15.2. The molecule has 5 nitrogen and oxygen atoms in total. The van der Waals surface area contributed by atoms with Crippen molar-refractivity contribution in [2.24, 2.45) is 4.99 Å². The van der Waals surface area contributed by atoms with E-state index in [-0.39, 0.29) is 64.1 Å². The molecular formula is C50H54F3KN2O3. The van der Waals surface area contributed by atoms with Crippen molar-refractivity contribution in [3.63, 3.8) is 0 Å². The Morgan fingerprint density at radius 1 is 0.678 bits per heavy atom. The van der Waals surface area contributed by atoms with Crippen LogP contribution >= 0.6 is 0 Å². The van der Waals surface area contributed by atoms with Crippen molar-refractivity contribution in [3.8, 4) is 17.0 Å². The zero-order valence-electron chi connectivity index (χ0n) is 35.4. The molecule has 6 aromatic carbocycles. The molecule has 2 heterocycles. The Labute approximate surface area is 390 Å². The van der Waals surface area contributed by atoms with Gasteiger partial charge >= 0.3 is 57.6 Å². The quantitative estimate of drug-likeness (QED) is 0.131. The van der Waals surface area contributed by atoms with Crippen molar-refractivity contribution in [1.82, 2.24) is 4.98 Å². The predicted molar refractivity (Wildman–Crippen MR) is 234 cm³/mol. The fourth-order valence-electron chi connectivity index (χ4n) is 6.04. The molecule has 0 radical (unpaired) electrons. The zero-order valence-corrected chi connectivity index (χ0v) is 38.5. The van der Waals surface area contributed by atoms with Crippen LogP contribution in [0.3, 0.4) is 0 Å². The summed E-state index contributed by atoms with van der Waals surface area (Å²) in [5.74, 6) is 0.876. The first-order valence-corrected chi connectivity index (χ1v) is 19.5. The molecule has 0 saturated carbocycles. The summed E-state index contributed by atoms with van der Waals surface area (Å²) in [4.78, 5) is 9.06. The van der Waals surface area contributed by atoms with Gasteiger partial charge in [-0.05, 0) is 104 Å². The number of para-hydroxylation sites is 2. The van der Waals surface area contributed by atoms with E-state index < -0.39 is 17.3 Å². The average Bonchev–Trinajstić information content (AvgIpc) is 3.77. The Kier molecular flexibility index (Phi) is 17.4. The van der Waals surface area contributed by atoms with Gasteiger partial charge in [-0.1, -0.05) is 118 Å². The van der Waals surface area contributed by atoms with Gasteiger partial charge in [-0.15, -0.1) is 5.60 Å². The van der Waals surface area contributed by atoms with Gasteiger partial charge in [0.1, 0.15) is 11.4 Å². The second-order valence-corrected chi connectivity index (χ2v) is 16.0. The van der Waals surface area contributed by atoms with Gasteiger partial charge in [-0.25, -0.2) is 4.98 Å². The van der Waals surface area contributed by atoms with Crippen molar-refractivity contribution < 1.29 is 80.6 Å². The summed E-state index contributed by atoms with van der Waals surface area (Å²) in [6.07, 6.45) is -1.86. The molecule has 0 bridgehead atoms. The number of hydrogen-bond donors (Lipinski definition) is 0. The van der Waals surface area contributed by atoms with Gasteiger partial charge in [-0.3, -0.25) is 4.99 Å². The van der Waals surface area contributed by atoms with Crippen LogP contribution in [0.5, 0.6) is 5.75 Å². The van der Waals surface area contributed by atoms with Gasteiger partial charge in [0.2, 0.25) is 0 Å². The molecule has 304 valence electrons. The van der Waals surface area contributed by atoms with E-state index in [2.05, 4.69) is 80.4 Å². The van der Waals surface area contributed by atoms with E-state index in [1.54, 1.807) is 33.8 Å². The van der Waals surface area contributed by atoms with Crippen molar-refractivity contribution in [2.75, 3.05) is 13.2 Å². The largest absolute Gasteiger partial charge is 1.00 e. The molecule has 1 saturated heterocycles. The number of aromatic nitrogens is 1. The van der Waals surface area contributed by atoms with Crippen molar-refractivity contribution in [2.45, 2.75) is 78.7 Å². The molecule has 1 aromatic heterocycles. The van der Waals surface area contributed by atoms with E-state index in [0.717, 1.165) is 63.5 Å². The zero-order chi connectivity index (χ0) is 41.9. The van der Waals surface area contributed by atoms with Gasteiger partial charge in [-0.2, -0.15) is 13.2 Å². The SMILES string of the molecule is C1CCOC1.CC(=Nc1ccccc1C(F)(F)F)c1ccc2ccccc2c1.CC(C)(C)Oc1cc(-c2ccc3ccccc3c2)nc2ccccc12.CC(C)(C)[O-].[2HH].[K+]. The topological polar surface area (TPSA) is 66.8 Å². The number of nitrogens with zero attached hydrogens (tertiary/aromatic N) is 2. The van der Waals surface area contributed by atoms with Crippen molar-refractivity contribution in [1.29, 1.82) is 0 Å². The minimum Gasteiger partial charge on any atom is -0.850 e. The van der Waals surface area contributed by atoms with Gasteiger partial charge in [0.25, 0.3) is 0 Å². The van der Waals surface area contributed by atoms with Crippen LogP contribution in [0, 0.1) is 0 Å². The van der Waals surface area contributed by atoms with Crippen molar-refractivity contribution in [3.05, 3.63) is 151 Å². The minimum atomic E-state index is -4.41. The van der Waals surface area contributed by atoms with Gasteiger partial charge in [0.05, 0.1) is 22.5 Å². The number of fused-ring (bicyclic) bond motifs is 3. The molecule has 0 atom stereocenters. The van der Waals surface area contributed by atoms with E-state index in [1.807, 2.05) is 60.7 Å². The number of hydrogen-bond acceptors (Lipinski definition) is 5. The first-order valence-electron chi connectivity index (χ1n) is 19.5. The molecule has 8 rings (SSSR count). The summed E-state index contributed by atoms with van der Waals surface area (Å²) >= 11 is 0. The van der Waals surface area contributed by atoms with Crippen molar-refractivity contribution >= 4 is 43.8 Å².